The molecule has 2 unspecified atom stereocenters. The largest absolute Gasteiger partial charge is 0.391 e. The number of unbranched alkanes of at least 4 members (excludes halogenated alkanes) is 6. The van der Waals surface area contributed by atoms with E-state index in [9.17, 15) is 10.4 Å². The number of rotatable bonds is 9. The molecule has 0 aromatic carbocycles. The summed E-state index contributed by atoms with van der Waals surface area (Å²) >= 11 is 0. The van der Waals surface area contributed by atoms with Gasteiger partial charge in [0.25, 0.3) is 0 Å². The number of nitrogens with zero attached hydrogens (tertiary/aromatic N) is 1. The van der Waals surface area contributed by atoms with E-state index in [1.165, 1.54) is 38.5 Å². The van der Waals surface area contributed by atoms with E-state index >= 15 is 0 Å². The van der Waals surface area contributed by atoms with E-state index in [1.807, 2.05) is 0 Å². The fraction of sp³-hybridized carbons (Fsp3) is 0.938. The number of ether oxygens (including phenoxy) is 1. The van der Waals surface area contributed by atoms with Crippen LogP contribution in [-0.2, 0) is 4.74 Å². The number of aliphatic hydroxyl groups excluding tert-OH is 1. The second-order valence-electron chi connectivity index (χ2n) is 5.85. The summed E-state index contributed by atoms with van der Waals surface area (Å²) < 4.78 is 5.39. The van der Waals surface area contributed by atoms with Crippen LogP contribution in [0.1, 0.15) is 71.1 Å². The van der Waals surface area contributed by atoms with E-state index in [1.54, 1.807) is 0 Å². The zero-order valence-corrected chi connectivity index (χ0v) is 12.4. The van der Waals surface area contributed by atoms with E-state index in [4.69, 9.17) is 4.74 Å². The van der Waals surface area contributed by atoms with Crippen molar-refractivity contribution in [2.24, 2.45) is 5.41 Å². The number of hydrogen-bond donors (Lipinski definition) is 1. The topological polar surface area (TPSA) is 53.2 Å². The molecule has 1 N–H and O–H groups in total. The van der Waals surface area contributed by atoms with Gasteiger partial charge in [-0.05, 0) is 19.3 Å². The van der Waals surface area contributed by atoms with Gasteiger partial charge >= 0.3 is 0 Å². The van der Waals surface area contributed by atoms with Crippen LogP contribution >= 0.6 is 0 Å². The second-order valence-corrected chi connectivity index (χ2v) is 5.85. The minimum atomic E-state index is -0.638. The summed E-state index contributed by atoms with van der Waals surface area (Å²) in [5, 5.41) is 19.6. The third-order valence-corrected chi connectivity index (χ3v) is 4.21. The Morgan fingerprint density at radius 3 is 2.47 bits per heavy atom. The zero-order chi connectivity index (χ0) is 14.0. The maximum absolute atomic E-state index is 10.3. The molecule has 19 heavy (non-hydrogen) atoms. The highest BCUT2D eigenvalue weighted by atomic mass is 16.5. The molecular weight excluding hydrogens is 238 g/mol. The highest BCUT2D eigenvalue weighted by Gasteiger charge is 2.39. The fourth-order valence-electron chi connectivity index (χ4n) is 2.81. The van der Waals surface area contributed by atoms with Gasteiger partial charge in [0.2, 0.25) is 0 Å². The van der Waals surface area contributed by atoms with Gasteiger partial charge in [-0.2, -0.15) is 5.26 Å². The SMILES string of the molecule is CCCCCCCCCC(O)C1(C#N)CCCOC1. The molecule has 2 atom stereocenters. The molecule has 3 nitrogen and oxygen atoms in total. The van der Waals surface area contributed by atoms with Gasteiger partial charge in [0, 0.05) is 6.61 Å². The van der Waals surface area contributed by atoms with E-state index in [0.717, 1.165) is 32.3 Å². The van der Waals surface area contributed by atoms with Gasteiger partial charge < -0.3 is 9.84 Å². The molecule has 0 bridgehead atoms. The summed E-state index contributed by atoms with van der Waals surface area (Å²) in [4.78, 5) is 0. The predicted octanol–water partition coefficient (Wildman–Crippen LogP) is 3.81. The van der Waals surface area contributed by atoms with Crippen molar-refractivity contribution in [2.45, 2.75) is 77.2 Å². The first-order valence-corrected chi connectivity index (χ1v) is 7.92. The van der Waals surface area contributed by atoms with E-state index in [-0.39, 0.29) is 0 Å². The van der Waals surface area contributed by atoms with Crippen molar-refractivity contribution in [2.75, 3.05) is 13.2 Å². The van der Waals surface area contributed by atoms with Crippen LogP contribution in [0.25, 0.3) is 0 Å². The van der Waals surface area contributed by atoms with Gasteiger partial charge in [-0.1, -0.05) is 51.9 Å². The van der Waals surface area contributed by atoms with Crippen LogP contribution in [0.2, 0.25) is 0 Å². The lowest BCUT2D eigenvalue weighted by Gasteiger charge is -2.34. The van der Waals surface area contributed by atoms with Crippen LogP contribution in [0.15, 0.2) is 0 Å². The summed E-state index contributed by atoms with van der Waals surface area (Å²) in [7, 11) is 0. The summed E-state index contributed by atoms with van der Waals surface area (Å²) in [6.07, 6.45) is 10.6. The number of hydrogen-bond acceptors (Lipinski definition) is 3. The van der Waals surface area contributed by atoms with Crippen molar-refractivity contribution in [3.63, 3.8) is 0 Å². The molecule has 0 spiro atoms. The molecule has 3 heteroatoms. The van der Waals surface area contributed by atoms with Gasteiger partial charge in [-0.25, -0.2) is 0 Å². The quantitative estimate of drug-likeness (QED) is 0.646. The van der Waals surface area contributed by atoms with Crippen molar-refractivity contribution in [1.29, 1.82) is 5.26 Å². The maximum atomic E-state index is 10.3. The maximum Gasteiger partial charge on any atom is 0.106 e. The van der Waals surface area contributed by atoms with E-state index in [2.05, 4.69) is 13.0 Å². The predicted molar refractivity (Wildman–Crippen MR) is 76.7 cm³/mol. The highest BCUT2D eigenvalue weighted by Crippen LogP contribution is 2.34. The Bertz CT molecular complexity index is 266. The Hall–Kier alpha value is -0.590. The molecule has 0 aromatic rings. The summed E-state index contributed by atoms with van der Waals surface area (Å²) in [6, 6.07) is 2.31. The minimum absolute atomic E-state index is 0.404. The lowest BCUT2D eigenvalue weighted by Crippen LogP contribution is -2.41. The lowest BCUT2D eigenvalue weighted by molar-refractivity contribution is -0.0524. The normalized spacial score (nSPS) is 24.9. The van der Waals surface area contributed by atoms with Gasteiger partial charge in [-0.3, -0.25) is 0 Å². The minimum Gasteiger partial charge on any atom is -0.391 e. The molecule has 0 radical (unpaired) electrons. The molecule has 0 amide bonds. The van der Waals surface area contributed by atoms with Crippen molar-refractivity contribution < 1.29 is 9.84 Å². The van der Waals surface area contributed by atoms with Gasteiger partial charge in [0.05, 0.1) is 18.8 Å². The molecule has 1 aliphatic heterocycles. The Labute approximate surface area is 118 Å². The molecule has 0 aromatic heterocycles. The molecule has 1 aliphatic rings. The van der Waals surface area contributed by atoms with Crippen LogP contribution in [0.5, 0.6) is 0 Å². The molecule has 1 fully saturated rings. The second kappa shape index (κ2) is 9.34. The van der Waals surface area contributed by atoms with Crippen molar-refractivity contribution in [3.8, 4) is 6.07 Å². The third-order valence-electron chi connectivity index (χ3n) is 4.21. The Kier molecular flexibility index (Phi) is 8.09. The van der Waals surface area contributed by atoms with E-state index < -0.39 is 11.5 Å². The van der Waals surface area contributed by atoms with Crippen LogP contribution in [0, 0.1) is 16.7 Å². The average molecular weight is 267 g/mol. The number of aliphatic hydroxyl groups is 1. The summed E-state index contributed by atoms with van der Waals surface area (Å²) in [5.41, 5.74) is -0.638. The first kappa shape index (κ1) is 16.5. The molecule has 1 rings (SSSR count). The van der Waals surface area contributed by atoms with Gasteiger partial charge in [-0.15, -0.1) is 0 Å². The number of nitriles is 1. The first-order valence-electron chi connectivity index (χ1n) is 7.92. The van der Waals surface area contributed by atoms with Gasteiger partial charge in [0.15, 0.2) is 0 Å². The monoisotopic (exact) mass is 267 g/mol. The fourth-order valence-corrected chi connectivity index (χ4v) is 2.81. The van der Waals surface area contributed by atoms with Gasteiger partial charge in [0.1, 0.15) is 5.41 Å². The standard InChI is InChI=1S/C16H29NO2/c1-2-3-4-5-6-7-8-10-15(18)16(13-17)11-9-12-19-14-16/h15,18H,2-12,14H2,1H3. The highest BCUT2D eigenvalue weighted by molar-refractivity contribution is 5.04. The smallest absolute Gasteiger partial charge is 0.106 e. The average Bonchev–Trinajstić information content (AvgIpc) is 2.46. The Balaban J connectivity index is 2.15. The van der Waals surface area contributed by atoms with Crippen LogP contribution < -0.4 is 0 Å². The molecule has 1 saturated heterocycles. The lowest BCUT2D eigenvalue weighted by atomic mass is 9.77. The molecule has 110 valence electrons. The Morgan fingerprint density at radius 2 is 1.89 bits per heavy atom. The molecule has 0 aliphatic carbocycles. The first-order chi connectivity index (χ1) is 9.25. The molecular formula is C16H29NO2. The summed E-state index contributed by atoms with van der Waals surface area (Å²) in [5.74, 6) is 0. The van der Waals surface area contributed by atoms with Crippen molar-refractivity contribution in [3.05, 3.63) is 0 Å². The molecule has 0 saturated carbocycles. The third kappa shape index (κ3) is 5.50. The Morgan fingerprint density at radius 1 is 1.21 bits per heavy atom. The van der Waals surface area contributed by atoms with Crippen molar-refractivity contribution >= 4 is 0 Å². The van der Waals surface area contributed by atoms with Crippen LogP contribution in [-0.4, -0.2) is 24.4 Å². The molecule has 1 heterocycles. The van der Waals surface area contributed by atoms with Crippen LogP contribution in [0.4, 0.5) is 0 Å². The zero-order valence-electron chi connectivity index (χ0n) is 12.4. The van der Waals surface area contributed by atoms with Crippen LogP contribution in [0.3, 0.4) is 0 Å². The van der Waals surface area contributed by atoms with Crippen molar-refractivity contribution in [1.82, 2.24) is 0 Å². The summed E-state index contributed by atoms with van der Waals surface area (Å²) in [6.45, 7) is 3.36. The van der Waals surface area contributed by atoms with E-state index in [0.29, 0.717) is 6.61 Å².